The van der Waals surface area contributed by atoms with E-state index in [9.17, 15) is 0 Å². The molecule has 0 amide bonds. The number of hydrogen-bond donors (Lipinski definition) is 0. The lowest BCUT2D eigenvalue weighted by molar-refractivity contribution is 0.829. The van der Waals surface area contributed by atoms with E-state index in [1.54, 1.807) is 11.8 Å². The highest BCUT2D eigenvalue weighted by Gasteiger charge is 2.06. The van der Waals surface area contributed by atoms with Crippen LogP contribution in [-0.4, -0.2) is 16.0 Å². The van der Waals surface area contributed by atoms with Crippen molar-refractivity contribution in [3.8, 4) is 5.69 Å². The summed E-state index contributed by atoms with van der Waals surface area (Å²) >= 11 is 7.66. The summed E-state index contributed by atoms with van der Waals surface area (Å²) in [5, 5.41) is 5.24. The molecule has 0 spiro atoms. The van der Waals surface area contributed by atoms with Crippen LogP contribution in [0.2, 0.25) is 5.02 Å². The fraction of sp³-hybridized carbons (Fsp3) is 0.250. The SMILES string of the molecule is CSCc1cc(C)nn1-c1ccc(Cl)cc1. The van der Waals surface area contributed by atoms with Gasteiger partial charge in [0, 0.05) is 10.8 Å². The Balaban J connectivity index is 2.42. The topological polar surface area (TPSA) is 17.8 Å². The Hall–Kier alpha value is -0.930. The second-order valence-electron chi connectivity index (χ2n) is 3.60. The van der Waals surface area contributed by atoms with Crippen LogP contribution in [0.3, 0.4) is 0 Å². The van der Waals surface area contributed by atoms with Crippen LogP contribution < -0.4 is 0 Å². The Kier molecular flexibility index (Phi) is 3.56. The zero-order valence-corrected chi connectivity index (χ0v) is 10.8. The molecule has 0 saturated heterocycles. The van der Waals surface area contributed by atoms with E-state index in [0.29, 0.717) is 0 Å². The third-order valence-electron chi connectivity index (χ3n) is 2.27. The number of aromatic nitrogens is 2. The van der Waals surface area contributed by atoms with Gasteiger partial charge >= 0.3 is 0 Å². The lowest BCUT2D eigenvalue weighted by atomic mass is 10.3. The molecule has 2 aromatic rings. The first kappa shape index (κ1) is 11.6. The summed E-state index contributed by atoms with van der Waals surface area (Å²) in [7, 11) is 0. The Morgan fingerprint density at radius 3 is 2.62 bits per heavy atom. The van der Waals surface area contributed by atoms with Gasteiger partial charge in [0.2, 0.25) is 0 Å². The molecule has 2 nitrogen and oxygen atoms in total. The van der Waals surface area contributed by atoms with Gasteiger partial charge in [0.05, 0.1) is 17.1 Å². The van der Waals surface area contributed by atoms with Gasteiger partial charge in [-0.2, -0.15) is 16.9 Å². The Morgan fingerprint density at radius 2 is 2.00 bits per heavy atom. The minimum Gasteiger partial charge on any atom is -0.237 e. The van der Waals surface area contributed by atoms with Crippen LogP contribution in [0.4, 0.5) is 0 Å². The highest BCUT2D eigenvalue weighted by atomic mass is 35.5. The van der Waals surface area contributed by atoms with Gasteiger partial charge in [-0.15, -0.1) is 0 Å². The van der Waals surface area contributed by atoms with Crippen molar-refractivity contribution in [3.63, 3.8) is 0 Å². The van der Waals surface area contributed by atoms with Crippen molar-refractivity contribution in [2.75, 3.05) is 6.26 Å². The van der Waals surface area contributed by atoms with Crippen molar-refractivity contribution in [2.45, 2.75) is 12.7 Å². The maximum atomic E-state index is 5.87. The zero-order valence-electron chi connectivity index (χ0n) is 9.27. The molecule has 0 bridgehead atoms. The van der Waals surface area contributed by atoms with E-state index in [1.165, 1.54) is 5.69 Å². The molecular formula is C12H13ClN2S. The molecule has 1 aromatic heterocycles. The Labute approximate surface area is 105 Å². The lowest BCUT2D eigenvalue weighted by Gasteiger charge is -2.06. The van der Waals surface area contributed by atoms with Gasteiger partial charge in [-0.25, -0.2) is 4.68 Å². The van der Waals surface area contributed by atoms with E-state index in [2.05, 4.69) is 17.4 Å². The normalized spacial score (nSPS) is 10.7. The summed E-state index contributed by atoms with van der Waals surface area (Å²) in [6.45, 7) is 2.01. The molecule has 0 saturated carbocycles. The maximum Gasteiger partial charge on any atom is 0.0650 e. The van der Waals surface area contributed by atoms with Crippen LogP contribution in [0.1, 0.15) is 11.4 Å². The Bertz CT molecular complexity index is 476. The van der Waals surface area contributed by atoms with Gasteiger partial charge in [-0.1, -0.05) is 11.6 Å². The van der Waals surface area contributed by atoms with E-state index in [1.807, 2.05) is 35.9 Å². The molecule has 0 aliphatic carbocycles. The molecule has 16 heavy (non-hydrogen) atoms. The van der Waals surface area contributed by atoms with E-state index >= 15 is 0 Å². The number of aryl methyl sites for hydroxylation is 1. The van der Waals surface area contributed by atoms with Crippen LogP contribution in [0.5, 0.6) is 0 Å². The van der Waals surface area contributed by atoms with Gasteiger partial charge in [0.25, 0.3) is 0 Å². The molecule has 0 unspecified atom stereocenters. The van der Waals surface area contributed by atoms with Crippen LogP contribution in [-0.2, 0) is 5.75 Å². The lowest BCUT2D eigenvalue weighted by Crippen LogP contribution is -2.00. The molecule has 1 aromatic carbocycles. The molecule has 0 aliphatic heterocycles. The first-order valence-corrected chi connectivity index (χ1v) is 6.78. The van der Waals surface area contributed by atoms with Gasteiger partial charge in [-0.05, 0) is 43.5 Å². The molecule has 0 atom stereocenters. The predicted octanol–water partition coefficient (Wildman–Crippen LogP) is 3.70. The first-order chi connectivity index (χ1) is 7.70. The monoisotopic (exact) mass is 252 g/mol. The van der Waals surface area contributed by atoms with Crippen LogP contribution in [0, 0.1) is 6.92 Å². The molecule has 0 aliphatic rings. The molecule has 0 radical (unpaired) electrons. The number of hydrogen-bond acceptors (Lipinski definition) is 2. The van der Waals surface area contributed by atoms with Crippen molar-refractivity contribution in [3.05, 3.63) is 46.7 Å². The van der Waals surface area contributed by atoms with E-state index in [0.717, 1.165) is 22.2 Å². The highest BCUT2D eigenvalue weighted by Crippen LogP contribution is 2.18. The third kappa shape index (κ3) is 2.42. The Morgan fingerprint density at radius 1 is 1.31 bits per heavy atom. The van der Waals surface area contributed by atoms with Crippen LogP contribution in [0.15, 0.2) is 30.3 Å². The summed E-state index contributed by atoms with van der Waals surface area (Å²) in [6, 6.07) is 9.86. The van der Waals surface area contributed by atoms with Crippen LogP contribution >= 0.6 is 23.4 Å². The van der Waals surface area contributed by atoms with Crippen molar-refractivity contribution in [1.82, 2.24) is 9.78 Å². The number of benzene rings is 1. The number of nitrogens with zero attached hydrogens (tertiary/aromatic N) is 2. The minimum atomic E-state index is 0.749. The number of rotatable bonds is 3. The van der Waals surface area contributed by atoms with Crippen molar-refractivity contribution in [2.24, 2.45) is 0 Å². The summed E-state index contributed by atoms with van der Waals surface area (Å²) in [4.78, 5) is 0. The quantitative estimate of drug-likeness (QED) is 0.829. The first-order valence-electron chi connectivity index (χ1n) is 5.01. The predicted molar refractivity (Wildman–Crippen MR) is 70.5 cm³/mol. The second kappa shape index (κ2) is 4.93. The molecule has 0 fully saturated rings. The molecule has 84 valence electrons. The standard InChI is InChI=1S/C12H13ClN2S/c1-9-7-12(8-16-2)15(14-9)11-5-3-10(13)4-6-11/h3-7H,8H2,1-2H3. The van der Waals surface area contributed by atoms with Gasteiger partial charge < -0.3 is 0 Å². The van der Waals surface area contributed by atoms with E-state index < -0.39 is 0 Å². The summed E-state index contributed by atoms with van der Waals surface area (Å²) in [6.07, 6.45) is 2.09. The summed E-state index contributed by atoms with van der Waals surface area (Å²) in [5.41, 5.74) is 3.31. The van der Waals surface area contributed by atoms with Gasteiger partial charge in [-0.3, -0.25) is 0 Å². The molecule has 0 N–H and O–H groups in total. The fourth-order valence-electron chi connectivity index (χ4n) is 1.61. The fourth-order valence-corrected chi connectivity index (χ4v) is 2.24. The van der Waals surface area contributed by atoms with Crippen molar-refractivity contribution >= 4 is 23.4 Å². The minimum absolute atomic E-state index is 0.749. The molecule has 2 rings (SSSR count). The summed E-state index contributed by atoms with van der Waals surface area (Å²) < 4.78 is 1.97. The van der Waals surface area contributed by atoms with Gasteiger partial charge in [0.15, 0.2) is 0 Å². The van der Waals surface area contributed by atoms with E-state index in [4.69, 9.17) is 11.6 Å². The van der Waals surface area contributed by atoms with E-state index in [-0.39, 0.29) is 0 Å². The van der Waals surface area contributed by atoms with Gasteiger partial charge in [0.1, 0.15) is 0 Å². The highest BCUT2D eigenvalue weighted by molar-refractivity contribution is 7.97. The van der Waals surface area contributed by atoms with Crippen molar-refractivity contribution < 1.29 is 0 Å². The third-order valence-corrected chi connectivity index (χ3v) is 3.11. The number of thioether (sulfide) groups is 1. The molecule has 4 heteroatoms. The maximum absolute atomic E-state index is 5.87. The van der Waals surface area contributed by atoms with Crippen molar-refractivity contribution in [1.29, 1.82) is 0 Å². The number of halogens is 1. The molecular weight excluding hydrogens is 240 g/mol. The largest absolute Gasteiger partial charge is 0.237 e. The smallest absolute Gasteiger partial charge is 0.0650 e. The second-order valence-corrected chi connectivity index (χ2v) is 4.90. The average Bonchev–Trinajstić information content (AvgIpc) is 2.61. The molecule has 1 heterocycles. The average molecular weight is 253 g/mol. The summed E-state index contributed by atoms with van der Waals surface area (Å²) in [5.74, 6) is 0.962. The van der Waals surface area contributed by atoms with Crippen LogP contribution in [0.25, 0.3) is 5.69 Å². The zero-order chi connectivity index (χ0) is 11.5.